The third-order valence-corrected chi connectivity index (χ3v) is 5.80. The summed E-state index contributed by atoms with van der Waals surface area (Å²) in [7, 11) is 0. The van der Waals surface area contributed by atoms with Crippen molar-refractivity contribution in [3.63, 3.8) is 0 Å². The van der Waals surface area contributed by atoms with Crippen molar-refractivity contribution >= 4 is 11.8 Å². The fourth-order valence-electron chi connectivity index (χ4n) is 3.89. The van der Waals surface area contributed by atoms with Crippen LogP contribution in [0.3, 0.4) is 0 Å². The number of benzene rings is 1. The fourth-order valence-corrected chi connectivity index (χ4v) is 3.89. The number of piperidine rings is 1. The Morgan fingerprint density at radius 3 is 2.59 bits per heavy atom. The molecule has 2 aromatic rings. The van der Waals surface area contributed by atoms with Gasteiger partial charge in [0, 0.05) is 36.8 Å². The molecular formula is C23H26FN3O2. The molecule has 1 aliphatic heterocycles. The van der Waals surface area contributed by atoms with Crippen LogP contribution in [0, 0.1) is 18.7 Å². The number of hydrogen-bond donors (Lipinski definition) is 1. The zero-order chi connectivity index (χ0) is 20.4. The second kappa shape index (κ2) is 8.31. The van der Waals surface area contributed by atoms with E-state index in [2.05, 4.69) is 10.3 Å². The first kappa shape index (κ1) is 19.6. The molecule has 1 aromatic heterocycles. The zero-order valence-corrected chi connectivity index (χ0v) is 16.7. The Morgan fingerprint density at radius 1 is 1.14 bits per heavy atom. The minimum atomic E-state index is -0.406. The predicted octanol–water partition coefficient (Wildman–Crippen LogP) is 3.69. The highest BCUT2D eigenvalue weighted by atomic mass is 19.1. The van der Waals surface area contributed by atoms with Crippen LogP contribution in [0.25, 0.3) is 0 Å². The van der Waals surface area contributed by atoms with E-state index < -0.39 is 5.82 Å². The number of aromatic nitrogens is 1. The summed E-state index contributed by atoms with van der Waals surface area (Å²) in [4.78, 5) is 31.8. The Bertz CT molecular complexity index is 918. The van der Waals surface area contributed by atoms with E-state index >= 15 is 0 Å². The Hall–Kier alpha value is -2.76. The van der Waals surface area contributed by atoms with Crippen molar-refractivity contribution in [3.05, 3.63) is 64.7 Å². The smallest absolute Gasteiger partial charge is 0.253 e. The van der Waals surface area contributed by atoms with Gasteiger partial charge >= 0.3 is 0 Å². The number of carbonyl (C=O) groups is 2. The maximum absolute atomic E-state index is 13.4. The summed E-state index contributed by atoms with van der Waals surface area (Å²) < 4.78 is 13.4. The number of halogens is 1. The van der Waals surface area contributed by atoms with Crippen LogP contribution in [0.15, 0.2) is 36.4 Å². The van der Waals surface area contributed by atoms with Crippen LogP contribution < -0.4 is 5.32 Å². The van der Waals surface area contributed by atoms with Crippen LogP contribution in [0.1, 0.15) is 63.7 Å². The molecule has 5 nitrogen and oxygen atoms in total. The number of nitrogens with one attached hydrogen (secondary N) is 1. The van der Waals surface area contributed by atoms with Gasteiger partial charge in [0.2, 0.25) is 0 Å². The molecular weight excluding hydrogens is 369 g/mol. The minimum Gasteiger partial charge on any atom is -0.352 e. The molecule has 6 heteroatoms. The first-order valence-electron chi connectivity index (χ1n) is 10.3. The highest BCUT2D eigenvalue weighted by Gasteiger charge is 2.29. The molecule has 0 radical (unpaired) electrons. The fraction of sp³-hybridized carbons (Fsp3) is 0.435. The number of likely N-dealkylation sites (tertiary alicyclic amines) is 1. The van der Waals surface area contributed by atoms with E-state index in [4.69, 9.17) is 0 Å². The summed E-state index contributed by atoms with van der Waals surface area (Å²) in [6, 6.07) is 9.55. The average molecular weight is 395 g/mol. The number of carbonyl (C=O) groups excluding carboxylic acids is 2. The van der Waals surface area contributed by atoms with Crippen LogP contribution in [0.2, 0.25) is 0 Å². The van der Waals surface area contributed by atoms with E-state index in [-0.39, 0.29) is 17.7 Å². The molecule has 0 spiro atoms. The first-order valence-corrected chi connectivity index (χ1v) is 10.3. The first-order chi connectivity index (χ1) is 14.0. The number of rotatable bonds is 5. The molecule has 29 heavy (non-hydrogen) atoms. The van der Waals surface area contributed by atoms with E-state index in [1.807, 2.05) is 19.1 Å². The summed E-state index contributed by atoms with van der Waals surface area (Å²) >= 11 is 0. The minimum absolute atomic E-state index is 0.0577. The molecule has 2 aliphatic rings. The SMILES string of the molecule is Cc1ccc(C(=O)NCC2CC2)c(C2CCN(C(=O)c3cccc(F)c3)CC2)n1. The lowest BCUT2D eigenvalue weighted by atomic mass is 9.89. The van der Waals surface area contributed by atoms with Crippen LogP contribution >= 0.6 is 0 Å². The molecule has 2 amide bonds. The maximum atomic E-state index is 13.4. The van der Waals surface area contributed by atoms with E-state index in [1.165, 1.54) is 25.0 Å². The van der Waals surface area contributed by atoms with Crippen molar-refractivity contribution in [1.82, 2.24) is 15.2 Å². The quantitative estimate of drug-likeness (QED) is 0.840. The molecule has 0 unspecified atom stereocenters. The van der Waals surface area contributed by atoms with Gasteiger partial charge in [-0.3, -0.25) is 14.6 Å². The summed E-state index contributed by atoms with van der Waals surface area (Å²) in [6.07, 6.45) is 3.86. The predicted molar refractivity (Wildman–Crippen MR) is 108 cm³/mol. The van der Waals surface area contributed by atoms with Gasteiger partial charge in [-0.05, 0) is 68.9 Å². The summed E-state index contributed by atoms with van der Waals surface area (Å²) in [5.41, 5.74) is 2.73. The number of amides is 2. The van der Waals surface area contributed by atoms with Crippen LogP contribution in [0.5, 0.6) is 0 Å². The van der Waals surface area contributed by atoms with Crippen molar-refractivity contribution in [2.45, 2.75) is 38.5 Å². The van der Waals surface area contributed by atoms with E-state index in [0.717, 1.165) is 30.8 Å². The van der Waals surface area contributed by atoms with Gasteiger partial charge < -0.3 is 10.2 Å². The normalized spacial score (nSPS) is 17.2. The Balaban J connectivity index is 1.44. The Kier molecular flexibility index (Phi) is 5.60. The molecule has 1 aliphatic carbocycles. The third-order valence-electron chi connectivity index (χ3n) is 5.80. The monoisotopic (exact) mass is 395 g/mol. The average Bonchev–Trinajstić information content (AvgIpc) is 3.56. The molecule has 1 saturated heterocycles. The zero-order valence-electron chi connectivity index (χ0n) is 16.7. The van der Waals surface area contributed by atoms with Crippen LogP contribution in [-0.4, -0.2) is 41.3 Å². The number of hydrogen-bond acceptors (Lipinski definition) is 3. The van der Waals surface area contributed by atoms with Gasteiger partial charge in [-0.2, -0.15) is 0 Å². The molecule has 152 valence electrons. The number of aryl methyl sites for hydroxylation is 1. The molecule has 1 saturated carbocycles. The highest BCUT2D eigenvalue weighted by Crippen LogP contribution is 2.31. The summed E-state index contributed by atoms with van der Waals surface area (Å²) in [5, 5.41) is 3.03. The van der Waals surface area contributed by atoms with Crippen molar-refractivity contribution < 1.29 is 14.0 Å². The van der Waals surface area contributed by atoms with Gasteiger partial charge in [-0.15, -0.1) is 0 Å². The van der Waals surface area contributed by atoms with Crippen LogP contribution in [-0.2, 0) is 0 Å². The van der Waals surface area contributed by atoms with Gasteiger partial charge in [0.25, 0.3) is 11.8 Å². The summed E-state index contributed by atoms with van der Waals surface area (Å²) in [5.74, 6) is 0.141. The molecule has 0 atom stereocenters. The van der Waals surface area contributed by atoms with E-state index in [0.29, 0.717) is 30.1 Å². The molecule has 2 fully saturated rings. The maximum Gasteiger partial charge on any atom is 0.253 e. The van der Waals surface area contributed by atoms with Gasteiger partial charge in [0.05, 0.1) is 11.3 Å². The lowest BCUT2D eigenvalue weighted by molar-refractivity contribution is 0.0710. The van der Waals surface area contributed by atoms with E-state index in [9.17, 15) is 14.0 Å². The largest absolute Gasteiger partial charge is 0.352 e. The van der Waals surface area contributed by atoms with Crippen molar-refractivity contribution in [1.29, 1.82) is 0 Å². The lowest BCUT2D eigenvalue weighted by Gasteiger charge is -2.32. The molecule has 0 bridgehead atoms. The van der Waals surface area contributed by atoms with Gasteiger partial charge in [0.15, 0.2) is 0 Å². The second-order valence-electron chi connectivity index (χ2n) is 8.12. The standard InChI is InChI=1S/C23H26FN3O2/c1-15-5-8-20(22(28)25-14-16-6-7-16)21(26-15)17-9-11-27(12-10-17)23(29)18-3-2-4-19(24)13-18/h2-5,8,13,16-17H,6-7,9-12,14H2,1H3,(H,25,28). The Morgan fingerprint density at radius 2 is 1.90 bits per heavy atom. The molecule has 4 rings (SSSR count). The number of pyridine rings is 1. The van der Waals surface area contributed by atoms with Gasteiger partial charge in [-0.25, -0.2) is 4.39 Å². The van der Waals surface area contributed by atoms with Crippen molar-refractivity contribution in [2.24, 2.45) is 5.92 Å². The lowest BCUT2D eigenvalue weighted by Crippen LogP contribution is -2.38. The third kappa shape index (κ3) is 4.63. The molecule has 1 aromatic carbocycles. The topological polar surface area (TPSA) is 62.3 Å². The van der Waals surface area contributed by atoms with Gasteiger partial charge in [0.1, 0.15) is 5.82 Å². The molecule has 1 N–H and O–H groups in total. The van der Waals surface area contributed by atoms with Crippen molar-refractivity contribution in [3.8, 4) is 0 Å². The number of nitrogens with zero attached hydrogens (tertiary/aromatic N) is 2. The highest BCUT2D eigenvalue weighted by molar-refractivity contribution is 5.96. The second-order valence-corrected chi connectivity index (χ2v) is 8.12. The Labute approximate surface area is 170 Å². The van der Waals surface area contributed by atoms with Crippen LogP contribution in [0.4, 0.5) is 4.39 Å². The van der Waals surface area contributed by atoms with Gasteiger partial charge in [-0.1, -0.05) is 6.07 Å². The molecule has 2 heterocycles. The van der Waals surface area contributed by atoms with Crippen molar-refractivity contribution in [2.75, 3.05) is 19.6 Å². The van der Waals surface area contributed by atoms with E-state index in [1.54, 1.807) is 17.0 Å². The summed E-state index contributed by atoms with van der Waals surface area (Å²) in [6.45, 7) is 3.79.